The molecule has 0 amide bonds. The third-order valence-electron chi connectivity index (χ3n) is 2.88. The van der Waals surface area contributed by atoms with Crippen LogP contribution in [0.3, 0.4) is 0 Å². The van der Waals surface area contributed by atoms with Gasteiger partial charge in [-0.15, -0.1) is 0 Å². The number of pyridine rings is 1. The largest absolute Gasteiger partial charge is 0.466 e. The summed E-state index contributed by atoms with van der Waals surface area (Å²) >= 11 is 3.51. The summed E-state index contributed by atoms with van der Waals surface area (Å²) in [5.74, 6) is -0.130. The van der Waals surface area contributed by atoms with E-state index in [2.05, 4.69) is 33.0 Å². The van der Waals surface area contributed by atoms with Crippen molar-refractivity contribution in [3.63, 3.8) is 0 Å². The molecule has 19 heavy (non-hydrogen) atoms. The Morgan fingerprint density at radius 3 is 3.05 bits per heavy atom. The van der Waals surface area contributed by atoms with Gasteiger partial charge in [-0.3, -0.25) is 9.78 Å². The van der Waals surface area contributed by atoms with E-state index in [1.165, 1.54) is 0 Å². The molecule has 3 nitrogen and oxygen atoms in total. The van der Waals surface area contributed by atoms with Gasteiger partial charge in [0.1, 0.15) is 0 Å². The van der Waals surface area contributed by atoms with Crippen molar-refractivity contribution in [1.29, 1.82) is 0 Å². The number of benzene rings is 1. The van der Waals surface area contributed by atoms with Crippen LogP contribution in [-0.4, -0.2) is 17.6 Å². The fourth-order valence-electron chi connectivity index (χ4n) is 2.07. The second-order valence-corrected chi connectivity index (χ2v) is 5.21. The zero-order valence-electron chi connectivity index (χ0n) is 10.9. The fraction of sp³-hybridized carbons (Fsp3) is 0.333. The van der Waals surface area contributed by atoms with Crippen LogP contribution in [0.2, 0.25) is 0 Å². The third-order valence-corrected chi connectivity index (χ3v) is 3.34. The summed E-state index contributed by atoms with van der Waals surface area (Å²) in [6.45, 7) is 2.27. The lowest BCUT2D eigenvalue weighted by Gasteiger charge is -2.07. The molecule has 1 heterocycles. The molecule has 0 aliphatic heterocycles. The molecule has 0 aliphatic rings. The maximum Gasteiger partial charge on any atom is 0.305 e. The first kappa shape index (κ1) is 14.0. The van der Waals surface area contributed by atoms with Gasteiger partial charge in [-0.25, -0.2) is 0 Å². The van der Waals surface area contributed by atoms with Gasteiger partial charge < -0.3 is 4.74 Å². The molecule has 1 aromatic carbocycles. The van der Waals surface area contributed by atoms with E-state index < -0.39 is 0 Å². The number of fused-ring (bicyclic) bond motifs is 1. The van der Waals surface area contributed by atoms with Gasteiger partial charge in [-0.05, 0) is 43.5 Å². The van der Waals surface area contributed by atoms with E-state index in [4.69, 9.17) is 4.74 Å². The Kier molecular flexibility index (Phi) is 4.91. The minimum atomic E-state index is -0.130. The summed E-state index contributed by atoms with van der Waals surface area (Å²) in [5, 5.41) is 1.11. The first-order chi connectivity index (χ1) is 9.20. The van der Waals surface area contributed by atoms with Crippen LogP contribution in [0.5, 0.6) is 0 Å². The van der Waals surface area contributed by atoms with Crippen molar-refractivity contribution in [3.05, 3.63) is 40.5 Å². The van der Waals surface area contributed by atoms with Gasteiger partial charge in [0.05, 0.1) is 12.1 Å². The topological polar surface area (TPSA) is 39.2 Å². The molecular formula is C15H16BrNO2. The number of carbonyl (C=O) groups is 1. The summed E-state index contributed by atoms with van der Waals surface area (Å²) in [6, 6.07) is 8.09. The van der Waals surface area contributed by atoms with Crippen LogP contribution in [0.15, 0.2) is 34.9 Å². The highest BCUT2D eigenvalue weighted by Crippen LogP contribution is 2.23. The predicted molar refractivity (Wildman–Crippen MR) is 79.0 cm³/mol. The average molecular weight is 322 g/mol. The quantitative estimate of drug-likeness (QED) is 0.784. The first-order valence-corrected chi connectivity index (χ1v) is 7.18. The van der Waals surface area contributed by atoms with E-state index in [0.717, 1.165) is 33.8 Å². The lowest BCUT2D eigenvalue weighted by Crippen LogP contribution is -2.04. The van der Waals surface area contributed by atoms with E-state index in [1.807, 2.05) is 19.1 Å². The molecule has 0 aliphatic carbocycles. The van der Waals surface area contributed by atoms with Gasteiger partial charge in [0.25, 0.3) is 0 Å². The molecule has 2 rings (SSSR count). The highest BCUT2D eigenvalue weighted by Gasteiger charge is 2.06. The van der Waals surface area contributed by atoms with Gasteiger partial charge in [-0.2, -0.15) is 0 Å². The highest BCUT2D eigenvalue weighted by atomic mass is 79.9. The number of aromatic nitrogens is 1. The molecule has 0 fully saturated rings. The molecule has 1 aromatic heterocycles. The average Bonchev–Trinajstić information content (AvgIpc) is 2.38. The van der Waals surface area contributed by atoms with Crippen molar-refractivity contribution in [1.82, 2.24) is 4.98 Å². The Hall–Kier alpha value is -1.42. The van der Waals surface area contributed by atoms with Crippen LogP contribution in [0.25, 0.3) is 10.9 Å². The summed E-state index contributed by atoms with van der Waals surface area (Å²) in [7, 11) is 0. The molecule has 0 saturated carbocycles. The van der Waals surface area contributed by atoms with Crippen LogP contribution in [0.1, 0.15) is 25.3 Å². The number of halogens is 1. The van der Waals surface area contributed by atoms with Gasteiger partial charge in [0.2, 0.25) is 0 Å². The molecule has 0 spiro atoms. The summed E-state index contributed by atoms with van der Waals surface area (Å²) < 4.78 is 5.97. The zero-order chi connectivity index (χ0) is 13.7. The third kappa shape index (κ3) is 3.77. The number of hydrogen-bond donors (Lipinski definition) is 0. The fourth-order valence-corrected chi connectivity index (χ4v) is 2.60. The summed E-state index contributed by atoms with van der Waals surface area (Å²) in [4.78, 5) is 15.7. The maximum atomic E-state index is 11.3. The molecule has 0 radical (unpaired) electrons. The molecule has 0 saturated heterocycles. The number of ether oxygens (including phenoxy) is 1. The number of hydrogen-bond acceptors (Lipinski definition) is 3. The second-order valence-electron chi connectivity index (χ2n) is 4.30. The van der Waals surface area contributed by atoms with Crippen LogP contribution < -0.4 is 0 Å². The van der Waals surface area contributed by atoms with Gasteiger partial charge in [-0.1, -0.05) is 22.0 Å². The Morgan fingerprint density at radius 2 is 2.26 bits per heavy atom. The zero-order valence-corrected chi connectivity index (χ0v) is 12.4. The number of nitrogens with zero attached hydrogens (tertiary/aromatic N) is 1. The summed E-state index contributed by atoms with van der Waals surface area (Å²) in [5.41, 5.74) is 2.17. The smallest absolute Gasteiger partial charge is 0.305 e. The lowest BCUT2D eigenvalue weighted by atomic mass is 10.0. The predicted octanol–water partition coefficient (Wildman–Crippen LogP) is 3.88. The molecule has 0 atom stereocenters. The van der Waals surface area contributed by atoms with Crippen LogP contribution >= 0.6 is 15.9 Å². The SMILES string of the molecule is CCOC(=O)CCCc1cc(Br)cc2cccnc12. The standard InChI is InChI=1S/C15H16BrNO2/c1-2-19-14(18)7-3-5-11-9-13(16)10-12-6-4-8-17-15(11)12/h4,6,8-10H,2-3,5,7H2,1H3. The number of carbonyl (C=O) groups excluding carboxylic acids is 1. The van der Waals surface area contributed by atoms with Gasteiger partial charge in [0, 0.05) is 22.5 Å². The molecule has 0 unspecified atom stereocenters. The monoisotopic (exact) mass is 321 g/mol. The summed E-state index contributed by atoms with van der Waals surface area (Å²) in [6.07, 6.45) is 3.85. The maximum absolute atomic E-state index is 11.3. The van der Waals surface area contributed by atoms with E-state index >= 15 is 0 Å². The normalized spacial score (nSPS) is 10.6. The Labute approximate surface area is 121 Å². The highest BCUT2D eigenvalue weighted by molar-refractivity contribution is 9.10. The van der Waals surface area contributed by atoms with E-state index in [0.29, 0.717) is 13.0 Å². The Bertz CT molecular complexity index is 583. The molecule has 100 valence electrons. The van der Waals surface area contributed by atoms with E-state index in [1.54, 1.807) is 6.20 Å². The number of esters is 1. The van der Waals surface area contributed by atoms with E-state index in [9.17, 15) is 4.79 Å². The lowest BCUT2D eigenvalue weighted by molar-refractivity contribution is -0.143. The minimum Gasteiger partial charge on any atom is -0.466 e. The molecule has 4 heteroatoms. The van der Waals surface area contributed by atoms with Crippen LogP contribution in [0, 0.1) is 0 Å². The van der Waals surface area contributed by atoms with Crippen molar-refractivity contribution in [2.45, 2.75) is 26.2 Å². The molecule has 2 aromatic rings. The van der Waals surface area contributed by atoms with Crippen molar-refractivity contribution in [2.24, 2.45) is 0 Å². The van der Waals surface area contributed by atoms with Crippen molar-refractivity contribution >= 4 is 32.8 Å². The van der Waals surface area contributed by atoms with Gasteiger partial charge in [0.15, 0.2) is 0 Å². The Balaban J connectivity index is 2.10. The van der Waals surface area contributed by atoms with Crippen molar-refractivity contribution in [3.8, 4) is 0 Å². The molecule has 0 N–H and O–H groups in total. The minimum absolute atomic E-state index is 0.130. The molecular weight excluding hydrogens is 306 g/mol. The Morgan fingerprint density at radius 1 is 1.42 bits per heavy atom. The van der Waals surface area contributed by atoms with Crippen LogP contribution in [0.4, 0.5) is 0 Å². The number of aryl methyl sites for hydroxylation is 1. The second kappa shape index (κ2) is 6.66. The van der Waals surface area contributed by atoms with Crippen LogP contribution in [-0.2, 0) is 16.0 Å². The van der Waals surface area contributed by atoms with E-state index in [-0.39, 0.29) is 5.97 Å². The van der Waals surface area contributed by atoms with Crippen molar-refractivity contribution < 1.29 is 9.53 Å². The van der Waals surface area contributed by atoms with Crippen molar-refractivity contribution in [2.75, 3.05) is 6.61 Å². The molecule has 0 bridgehead atoms. The first-order valence-electron chi connectivity index (χ1n) is 6.39. The van der Waals surface area contributed by atoms with Gasteiger partial charge >= 0.3 is 5.97 Å². The number of rotatable bonds is 5.